The van der Waals surface area contributed by atoms with Crippen molar-refractivity contribution in [2.75, 3.05) is 5.73 Å². The van der Waals surface area contributed by atoms with E-state index in [1.54, 1.807) is 6.07 Å². The Labute approximate surface area is 96.2 Å². The van der Waals surface area contributed by atoms with Crippen molar-refractivity contribution in [3.05, 3.63) is 35.5 Å². The monoisotopic (exact) mass is 236 g/mol. The molecule has 5 heteroatoms. The minimum atomic E-state index is -0.802. The van der Waals surface area contributed by atoms with Crippen LogP contribution in [0.15, 0.2) is 22.7 Å². The molecule has 1 saturated carbocycles. The fraction of sp³-hybridized carbons (Fsp3) is 0.250. The summed E-state index contributed by atoms with van der Waals surface area (Å²) in [7, 11) is 0. The van der Waals surface area contributed by atoms with E-state index in [1.165, 1.54) is 6.07 Å². The van der Waals surface area contributed by atoms with Gasteiger partial charge < -0.3 is 10.3 Å². The molecule has 1 heterocycles. The predicted octanol–water partition coefficient (Wildman–Crippen LogP) is 3.08. The molecule has 3 rings (SSSR count). The fourth-order valence-electron chi connectivity index (χ4n) is 1.75. The first-order chi connectivity index (χ1) is 8.16. The molecule has 1 aliphatic rings. The van der Waals surface area contributed by atoms with Gasteiger partial charge in [-0.15, -0.1) is 0 Å². The van der Waals surface area contributed by atoms with Crippen molar-refractivity contribution in [2.24, 2.45) is 0 Å². The Bertz CT molecular complexity index is 576. The van der Waals surface area contributed by atoms with Gasteiger partial charge in [0.25, 0.3) is 0 Å². The first kappa shape index (κ1) is 10.3. The van der Waals surface area contributed by atoms with Gasteiger partial charge >= 0.3 is 0 Å². The summed E-state index contributed by atoms with van der Waals surface area (Å²) in [6.07, 6.45) is 2.17. The smallest absolute Gasteiger partial charge is 0.170 e. The van der Waals surface area contributed by atoms with E-state index in [0.29, 0.717) is 5.92 Å². The van der Waals surface area contributed by atoms with Crippen LogP contribution >= 0.6 is 0 Å². The molecule has 1 fully saturated rings. The number of aromatic nitrogens is 1. The summed E-state index contributed by atoms with van der Waals surface area (Å²) >= 11 is 0. The van der Waals surface area contributed by atoms with Crippen LogP contribution in [0.4, 0.5) is 14.5 Å². The lowest BCUT2D eigenvalue weighted by Gasteiger charge is -2.02. The highest BCUT2D eigenvalue weighted by Crippen LogP contribution is 2.41. The van der Waals surface area contributed by atoms with Crippen molar-refractivity contribution in [1.82, 2.24) is 5.16 Å². The minimum Gasteiger partial charge on any atom is -0.394 e. The predicted molar refractivity (Wildman–Crippen MR) is 58.2 cm³/mol. The SMILES string of the molecule is Nc1c(F)ccc(-c2cc(C3CC3)no2)c1F. The number of nitrogen functional groups attached to an aromatic ring is 1. The highest BCUT2D eigenvalue weighted by Gasteiger charge is 2.28. The Morgan fingerprint density at radius 3 is 2.76 bits per heavy atom. The first-order valence-electron chi connectivity index (χ1n) is 5.37. The standard InChI is InChI=1S/C12H10F2N2O/c13-8-4-3-7(11(14)12(8)15)10-5-9(16-17-10)6-1-2-6/h3-6H,1-2,15H2. The number of rotatable bonds is 2. The maximum absolute atomic E-state index is 13.7. The molecule has 1 aromatic carbocycles. The average Bonchev–Trinajstić information content (AvgIpc) is 3.06. The lowest BCUT2D eigenvalue weighted by Crippen LogP contribution is -1.97. The Balaban J connectivity index is 2.05. The Morgan fingerprint density at radius 1 is 1.29 bits per heavy atom. The second-order valence-electron chi connectivity index (χ2n) is 4.21. The summed E-state index contributed by atoms with van der Waals surface area (Å²) in [6, 6.07) is 4.11. The summed E-state index contributed by atoms with van der Waals surface area (Å²) in [4.78, 5) is 0. The van der Waals surface area contributed by atoms with Gasteiger partial charge in [-0.3, -0.25) is 0 Å². The number of anilines is 1. The molecule has 0 unspecified atom stereocenters. The highest BCUT2D eigenvalue weighted by atomic mass is 19.1. The number of nitrogens with zero attached hydrogens (tertiary/aromatic N) is 1. The number of hydrogen-bond donors (Lipinski definition) is 1. The van der Waals surface area contributed by atoms with Crippen LogP contribution in [0.2, 0.25) is 0 Å². The van der Waals surface area contributed by atoms with Crippen molar-refractivity contribution in [3.8, 4) is 11.3 Å². The van der Waals surface area contributed by atoms with E-state index >= 15 is 0 Å². The maximum atomic E-state index is 13.7. The van der Waals surface area contributed by atoms with Gasteiger partial charge in [0, 0.05) is 12.0 Å². The van der Waals surface area contributed by atoms with Crippen LogP contribution in [0.3, 0.4) is 0 Å². The van der Waals surface area contributed by atoms with Crippen LogP contribution in [0.25, 0.3) is 11.3 Å². The van der Waals surface area contributed by atoms with Gasteiger partial charge in [-0.1, -0.05) is 5.16 Å². The molecule has 0 spiro atoms. The molecule has 0 atom stereocenters. The van der Waals surface area contributed by atoms with Gasteiger partial charge in [-0.25, -0.2) is 8.78 Å². The van der Waals surface area contributed by atoms with Crippen molar-refractivity contribution >= 4 is 5.69 Å². The Kier molecular flexibility index (Phi) is 2.14. The van der Waals surface area contributed by atoms with Gasteiger partial charge in [0.05, 0.1) is 11.3 Å². The zero-order valence-corrected chi connectivity index (χ0v) is 8.91. The summed E-state index contributed by atoms with van der Waals surface area (Å²) in [5.74, 6) is -0.860. The van der Waals surface area contributed by atoms with E-state index in [2.05, 4.69) is 5.16 Å². The number of nitrogens with two attached hydrogens (primary N) is 1. The molecule has 0 aliphatic heterocycles. The van der Waals surface area contributed by atoms with E-state index < -0.39 is 17.3 Å². The van der Waals surface area contributed by atoms with Crippen LogP contribution in [-0.4, -0.2) is 5.16 Å². The number of benzene rings is 1. The Morgan fingerprint density at radius 2 is 2.06 bits per heavy atom. The van der Waals surface area contributed by atoms with Crippen LogP contribution in [0, 0.1) is 11.6 Å². The molecule has 0 bridgehead atoms. The fourth-order valence-corrected chi connectivity index (χ4v) is 1.75. The summed E-state index contributed by atoms with van der Waals surface area (Å²) in [5.41, 5.74) is 5.76. The van der Waals surface area contributed by atoms with Gasteiger partial charge in [0.15, 0.2) is 11.6 Å². The molecule has 3 nitrogen and oxygen atoms in total. The van der Waals surface area contributed by atoms with E-state index in [0.717, 1.165) is 24.6 Å². The molecule has 2 N–H and O–H groups in total. The third-order valence-electron chi connectivity index (χ3n) is 2.92. The summed E-state index contributed by atoms with van der Waals surface area (Å²) in [5, 5.41) is 3.87. The molecule has 88 valence electrons. The van der Waals surface area contributed by atoms with Crippen molar-refractivity contribution < 1.29 is 13.3 Å². The maximum Gasteiger partial charge on any atom is 0.170 e. The van der Waals surface area contributed by atoms with E-state index in [9.17, 15) is 8.78 Å². The van der Waals surface area contributed by atoms with Gasteiger partial charge in [-0.05, 0) is 25.0 Å². The van der Waals surface area contributed by atoms with Crippen molar-refractivity contribution in [1.29, 1.82) is 0 Å². The van der Waals surface area contributed by atoms with Crippen LogP contribution in [0.5, 0.6) is 0 Å². The summed E-state index contributed by atoms with van der Waals surface area (Å²) in [6.45, 7) is 0. The molecule has 17 heavy (non-hydrogen) atoms. The number of hydrogen-bond acceptors (Lipinski definition) is 3. The van der Waals surface area contributed by atoms with Crippen LogP contribution in [0.1, 0.15) is 24.5 Å². The third-order valence-corrected chi connectivity index (χ3v) is 2.92. The molecule has 2 aromatic rings. The van der Waals surface area contributed by atoms with Gasteiger partial charge in [0.2, 0.25) is 0 Å². The molecular weight excluding hydrogens is 226 g/mol. The normalized spacial score (nSPS) is 15.2. The van der Waals surface area contributed by atoms with Crippen molar-refractivity contribution in [2.45, 2.75) is 18.8 Å². The van der Waals surface area contributed by atoms with Crippen molar-refractivity contribution in [3.63, 3.8) is 0 Å². The molecule has 0 radical (unpaired) electrons. The Hall–Kier alpha value is -1.91. The molecular formula is C12H10F2N2O. The molecule has 1 aromatic heterocycles. The van der Waals surface area contributed by atoms with Gasteiger partial charge in [0.1, 0.15) is 11.5 Å². The topological polar surface area (TPSA) is 52.0 Å². The van der Waals surface area contributed by atoms with E-state index in [-0.39, 0.29) is 11.3 Å². The quantitative estimate of drug-likeness (QED) is 0.815. The third kappa shape index (κ3) is 1.67. The number of halogens is 2. The average molecular weight is 236 g/mol. The first-order valence-corrected chi connectivity index (χ1v) is 5.37. The summed E-state index contributed by atoms with van der Waals surface area (Å²) < 4.78 is 31.8. The highest BCUT2D eigenvalue weighted by molar-refractivity contribution is 5.64. The zero-order chi connectivity index (χ0) is 12.0. The van der Waals surface area contributed by atoms with Crippen LogP contribution in [-0.2, 0) is 0 Å². The molecule has 0 amide bonds. The van der Waals surface area contributed by atoms with Crippen LogP contribution < -0.4 is 5.73 Å². The second-order valence-corrected chi connectivity index (χ2v) is 4.21. The second kappa shape index (κ2) is 3.55. The van der Waals surface area contributed by atoms with Gasteiger partial charge in [-0.2, -0.15) is 0 Å². The van der Waals surface area contributed by atoms with E-state index in [1.807, 2.05) is 0 Å². The zero-order valence-electron chi connectivity index (χ0n) is 8.91. The molecule has 0 saturated heterocycles. The van der Waals surface area contributed by atoms with E-state index in [4.69, 9.17) is 10.3 Å². The largest absolute Gasteiger partial charge is 0.394 e. The molecule has 1 aliphatic carbocycles. The lowest BCUT2D eigenvalue weighted by atomic mass is 10.1. The lowest BCUT2D eigenvalue weighted by molar-refractivity contribution is 0.421. The minimum absolute atomic E-state index is 0.142.